The Balaban J connectivity index is 1.47. The molecular weight excluding hydrogens is 446 g/mol. The normalized spacial score (nSPS) is 19.2. The van der Waals surface area contributed by atoms with Crippen molar-refractivity contribution in [2.75, 3.05) is 7.11 Å². The standard InChI is InChI=1S/C32H31NO3/c1-23-30(35-31(23)33-28-19-21-29(34-3)22-20-28)24(2)36-32(25-13-7-4-8-14-25,26-15-9-5-10-16-26)27-17-11-6-12-18-27/h4-24,30H,1-3H3/t23-,24-,30+/m0/s1. The average Bonchev–Trinajstić information content (AvgIpc) is 2.95. The summed E-state index contributed by atoms with van der Waals surface area (Å²) in [4.78, 5) is 4.71. The third-order valence-electron chi connectivity index (χ3n) is 6.82. The Morgan fingerprint density at radius 3 is 1.61 bits per heavy atom. The molecule has 1 saturated heterocycles. The van der Waals surface area contributed by atoms with Crippen molar-refractivity contribution in [3.8, 4) is 5.75 Å². The molecule has 4 aromatic rings. The number of ether oxygens (including phenoxy) is 3. The maximum absolute atomic E-state index is 7.10. The molecule has 0 aliphatic carbocycles. The fourth-order valence-corrected chi connectivity index (χ4v) is 4.90. The molecule has 182 valence electrons. The zero-order chi connectivity index (χ0) is 25.0. The summed E-state index contributed by atoms with van der Waals surface area (Å²) in [5, 5.41) is 0. The van der Waals surface area contributed by atoms with E-state index in [1.165, 1.54) is 0 Å². The molecule has 0 aromatic heterocycles. The smallest absolute Gasteiger partial charge is 0.195 e. The number of benzene rings is 4. The Morgan fingerprint density at radius 2 is 1.19 bits per heavy atom. The Bertz CT molecular complexity index is 1190. The quantitative estimate of drug-likeness (QED) is 0.253. The van der Waals surface area contributed by atoms with E-state index < -0.39 is 5.60 Å². The molecule has 3 atom stereocenters. The SMILES string of the molecule is COc1ccc(N=C2O[C@@H]([C@H](C)OC(c3ccccc3)(c3ccccc3)c3ccccc3)[C@@H]2C)cc1. The van der Waals surface area contributed by atoms with Crippen molar-refractivity contribution in [2.45, 2.75) is 31.7 Å². The second kappa shape index (κ2) is 10.4. The van der Waals surface area contributed by atoms with Crippen LogP contribution in [0.2, 0.25) is 0 Å². The van der Waals surface area contributed by atoms with Crippen LogP contribution in [0.1, 0.15) is 30.5 Å². The lowest BCUT2D eigenvalue weighted by Gasteiger charge is -2.45. The summed E-state index contributed by atoms with van der Waals surface area (Å²) in [6.07, 6.45) is -0.312. The van der Waals surface area contributed by atoms with Crippen LogP contribution in [-0.2, 0) is 15.1 Å². The highest BCUT2D eigenvalue weighted by Gasteiger charge is 2.46. The van der Waals surface area contributed by atoms with Crippen LogP contribution in [0.25, 0.3) is 0 Å². The second-order valence-corrected chi connectivity index (χ2v) is 9.12. The van der Waals surface area contributed by atoms with E-state index in [0.717, 1.165) is 34.0 Å². The summed E-state index contributed by atoms with van der Waals surface area (Å²) in [6.45, 7) is 4.24. The minimum absolute atomic E-state index is 0.113. The minimum atomic E-state index is -0.783. The predicted octanol–water partition coefficient (Wildman–Crippen LogP) is 7.16. The van der Waals surface area contributed by atoms with Gasteiger partial charge in [-0.2, -0.15) is 0 Å². The van der Waals surface area contributed by atoms with Gasteiger partial charge in [-0.15, -0.1) is 0 Å². The number of hydrogen-bond donors (Lipinski definition) is 0. The van der Waals surface area contributed by atoms with Gasteiger partial charge in [-0.1, -0.05) is 97.9 Å². The number of methoxy groups -OCH3 is 1. The molecule has 0 bridgehead atoms. The van der Waals surface area contributed by atoms with Gasteiger partial charge >= 0.3 is 0 Å². The molecule has 4 nitrogen and oxygen atoms in total. The van der Waals surface area contributed by atoms with Gasteiger partial charge in [0, 0.05) is 0 Å². The van der Waals surface area contributed by atoms with Gasteiger partial charge in [0.1, 0.15) is 17.5 Å². The summed E-state index contributed by atoms with van der Waals surface area (Å²) in [6, 6.07) is 38.9. The summed E-state index contributed by atoms with van der Waals surface area (Å²) in [5.41, 5.74) is 3.29. The highest BCUT2D eigenvalue weighted by Crippen LogP contribution is 2.43. The maximum Gasteiger partial charge on any atom is 0.195 e. The van der Waals surface area contributed by atoms with Crippen molar-refractivity contribution < 1.29 is 14.2 Å². The Labute approximate surface area is 213 Å². The fraction of sp³-hybridized carbons (Fsp3) is 0.219. The van der Waals surface area contributed by atoms with Crippen molar-refractivity contribution in [3.63, 3.8) is 0 Å². The molecule has 0 radical (unpaired) electrons. The van der Waals surface area contributed by atoms with E-state index in [4.69, 9.17) is 19.2 Å². The van der Waals surface area contributed by atoms with Crippen molar-refractivity contribution in [1.29, 1.82) is 0 Å². The topological polar surface area (TPSA) is 40.0 Å². The number of nitrogens with zero attached hydrogens (tertiary/aromatic N) is 1. The summed E-state index contributed by atoms with van der Waals surface area (Å²) < 4.78 is 18.6. The van der Waals surface area contributed by atoms with Crippen molar-refractivity contribution in [2.24, 2.45) is 10.9 Å². The van der Waals surface area contributed by atoms with E-state index >= 15 is 0 Å². The monoisotopic (exact) mass is 477 g/mol. The van der Waals surface area contributed by atoms with E-state index in [0.29, 0.717) is 0 Å². The summed E-state index contributed by atoms with van der Waals surface area (Å²) >= 11 is 0. The van der Waals surface area contributed by atoms with Gasteiger partial charge in [-0.3, -0.25) is 0 Å². The van der Waals surface area contributed by atoms with E-state index in [9.17, 15) is 0 Å². The van der Waals surface area contributed by atoms with Crippen LogP contribution >= 0.6 is 0 Å². The van der Waals surface area contributed by atoms with Crippen LogP contribution in [0.5, 0.6) is 5.75 Å². The lowest BCUT2D eigenvalue weighted by atomic mass is 9.79. The highest BCUT2D eigenvalue weighted by atomic mass is 16.6. The lowest BCUT2D eigenvalue weighted by Crippen LogP contribution is -2.52. The Morgan fingerprint density at radius 1 is 0.722 bits per heavy atom. The molecule has 0 amide bonds. The third kappa shape index (κ3) is 4.52. The molecule has 5 rings (SSSR count). The molecule has 36 heavy (non-hydrogen) atoms. The molecule has 1 aliphatic rings. The first kappa shape index (κ1) is 23.8. The first-order chi connectivity index (χ1) is 17.6. The van der Waals surface area contributed by atoms with E-state index in [-0.39, 0.29) is 18.1 Å². The van der Waals surface area contributed by atoms with Gasteiger partial charge in [-0.05, 0) is 47.9 Å². The maximum atomic E-state index is 7.10. The first-order valence-electron chi connectivity index (χ1n) is 12.4. The van der Waals surface area contributed by atoms with Gasteiger partial charge in [0.2, 0.25) is 0 Å². The van der Waals surface area contributed by atoms with Crippen molar-refractivity contribution in [1.82, 2.24) is 0 Å². The largest absolute Gasteiger partial charge is 0.497 e. The minimum Gasteiger partial charge on any atom is -0.497 e. The van der Waals surface area contributed by atoms with E-state index in [1.54, 1.807) is 7.11 Å². The zero-order valence-corrected chi connectivity index (χ0v) is 20.9. The average molecular weight is 478 g/mol. The van der Waals surface area contributed by atoms with Crippen LogP contribution in [0.3, 0.4) is 0 Å². The molecule has 0 spiro atoms. The Hall–Kier alpha value is -3.89. The van der Waals surface area contributed by atoms with Gasteiger partial charge in [0.25, 0.3) is 0 Å². The molecule has 0 unspecified atom stereocenters. The summed E-state index contributed by atoms with van der Waals surface area (Å²) in [5.74, 6) is 1.66. The lowest BCUT2D eigenvalue weighted by molar-refractivity contribution is -0.120. The summed E-state index contributed by atoms with van der Waals surface area (Å²) in [7, 11) is 1.66. The molecule has 1 fully saturated rings. The van der Waals surface area contributed by atoms with Crippen LogP contribution < -0.4 is 4.74 Å². The van der Waals surface area contributed by atoms with E-state index in [1.807, 2.05) is 42.5 Å². The number of rotatable bonds is 8. The second-order valence-electron chi connectivity index (χ2n) is 9.12. The van der Waals surface area contributed by atoms with Crippen LogP contribution in [-0.4, -0.2) is 25.2 Å². The van der Waals surface area contributed by atoms with Crippen LogP contribution in [0.15, 0.2) is 120 Å². The fourth-order valence-electron chi connectivity index (χ4n) is 4.90. The van der Waals surface area contributed by atoms with Gasteiger partial charge < -0.3 is 14.2 Å². The molecule has 4 aromatic carbocycles. The van der Waals surface area contributed by atoms with Crippen molar-refractivity contribution in [3.05, 3.63) is 132 Å². The van der Waals surface area contributed by atoms with E-state index in [2.05, 4.69) is 86.6 Å². The zero-order valence-electron chi connectivity index (χ0n) is 20.9. The number of hydrogen-bond acceptors (Lipinski definition) is 4. The number of aliphatic imine (C=N–C) groups is 1. The van der Waals surface area contributed by atoms with Crippen LogP contribution in [0, 0.1) is 5.92 Å². The molecule has 4 heteroatoms. The predicted molar refractivity (Wildman–Crippen MR) is 144 cm³/mol. The molecular formula is C32H31NO3. The first-order valence-corrected chi connectivity index (χ1v) is 12.4. The molecule has 0 saturated carbocycles. The Kier molecular flexibility index (Phi) is 6.88. The van der Waals surface area contributed by atoms with Gasteiger partial charge in [0.15, 0.2) is 5.90 Å². The highest BCUT2D eigenvalue weighted by molar-refractivity contribution is 5.86. The van der Waals surface area contributed by atoms with Gasteiger partial charge in [0.05, 0.1) is 24.8 Å². The molecule has 1 heterocycles. The molecule has 0 N–H and O–H groups in total. The van der Waals surface area contributed by atoms with Crippen LogP contribution in [0.4, 0.5) is 5.69 Å². The molecule has 1 aliphatic heterocycles. The van der Waals surface area contributed by atoms with Gasteiger partial charge in [-0.25, -0.2) is 4.99 Å². The third-order valence-corrected chi connectivity index (χ3v) is 6.82. The van der Waals surface area contributed by atoms with Crippen molar-refractivity contribution >= 4 is 11.6 Å².